The Morgan fingerprint density at radius 1 is 1.29 bits per heavy atom. The second-order valence-corrected chi connectivity index (χ2v) is 4.24. The van der Waals surface area contributed by atoms with E-state index in [-0.39, 0.29) is 23.0 Å². The van der Waals surface area contributed by atoms with Crippen LogP contribution in [0.1, 0.15) is 18.9 Å². The highest BCUT2D eigenvalue weighted by atomic mass is 19.1. The summed E-state index contributed by atoms with van der Waals surface area (Å²) in [5, 5.41) is 11.7. The number of ether oxygens (including phenoxy) is 1. The van der Waals surface area contributed by atoms with Crippen molar-refractivity contribution in [3.63, 3.8) is 0 Å². The monoisotopic (exact) mass is 289 g/mol. The minimum atomic E-state index is -0.928. The van der Waals surface area contributed by atoms with Crippen molar-refractivity contribution in [2.24, 2.45) is 0 Å². The molecule has 2 rings (SSSR count). The van der Waals surface area contributed by atoms with Crippen LogP contribution in [-0.2, 0) is 0 Å². The molecule has 1 heterocycles. The van der Waals surface area contributed by atoms with Gasteiger partial charge in [-0.1, -0.05) is 19.1 Å². The number of nitrogens with one attached hydrogen (secondary N) is 1. The molecule has 0 unspecified atom stereocenters. The molecule has 1 aromatic heterocycles. The van der Waals surface area contributed by atoms with Crippen molar-refractivity contribution < 1.29 is 13.5 Å². The summed E-state index contributed by atoms with van der Waals surface area (Å²) in [5.74, 6) is -2.01. The zero-order valence-electron chi connectivity index (χ0n) is 11.4. The number of para-hydroxylation sites is 1. The molecule has 0 fully saturated rings. The van der Waals surface area contributed by atoms with Crippen molar-refractivity contribution in [3.05, 3.63) is 47.5 Å². The molecule has 0 amide bonds. The minimum Gasteiger partial charge on any atom is -0.435 e. The lowest BCUT2D eigenvalue weighted by Crippen LogP contribution is -2.06. The maximum absolute atomic E-state index is 13.7. The van der Waals surface area contributed by atoms with Crippen LogP contribution in [0.5, 0.6) is 11.6 Å². The van der Waals surface area contributed by atoms with Crippen molar-refractivity contribution in [1.82, 2.24) is 4.98 Å². The highest BCUT2D eigenvalue weighted by molar-refractivity contribution is 5.46. The molecule has 2 aromatic rings. The second-order valence-electron chi connectivity index (χ2n) is 4.24. The number of hydrogen-bond acceptors (Lipinski definition) is 4. The van der Waals surface area contributed by atoms with Crippen molar-refractivity contribution in [2.75, 3.05) is 11.9 Å². The summed E-state index contributed by atoms with van der Waals surface area (Å²) >= 11 is 0. The third kappa shape index (κ3) is 3.45. The number of benzene rings is 1. The molecule has 0 saturated heterocycles. The molecule has 0 aliphatic rings. The molecule has 0 spiro atoms. The Balaban J connectivity index is 2.33. The number of nitrogens with zero attached hydrogens (tertiary/aromatic N) is 2. The van der Waals surface area contributed by atoms with Gasteiger partial charge in [0, 0.05) is 12.6 Å². The summed E-state index contributed by atoms with van der Waals surface area (Å²) in [7, 11) is 0. The van der Waals surface area contributed by atoms with Gasteiger partial charge in [-0.05, 0) is 18.6 Å². The number of anilines is 1. The Morgan fingerprint density at radius 3 is 2.76 bits per heavy atom. The fourth-order valence-electron chi connectivity index (χ4n) is 1.64. The fraction of sp³-hybridized carbons (Fsp3) is 0.200. The fourth-order valence-corrected chi connectivity index (χ4v) is 1.64. The van der Waals surface area contributed by atoms with Crippen molar-refractivity contribution >= 4 is 5.82 Å². The molecule has 0 atom stereocenters. The van der Waals surface area contributed by atoms with Gasteiger partial charge in [0.1, 0.15) is 11.8 Å². The molecule has 0 aliphatic heterocycles. The number of hydrogen-bond donors (Lipinski definition) is 1. The Kier molecular flexibility index (Phi) is 4.67. The maximum Gasteiger partial charge on any atom is 0.258 e. The predicted molar refractivity (Wildman–Crippen MR) is 74.2 cm³/mol. The van der Waals surface area contributed by atoms with Crippen LogP contribution < -0.4 is 10.1 Å². The molecular formula is C15H13F2N3O. The maximum atomic E-state index is 13.7. The van der Waals surface area contributed by atoms with Crippen LogP contribution in [0.15, 0.2) is 30.3 Å². The first-order valence-electron chi connectivity index (χ1n) is 6.42. The predicted octanol–water partition coefficient (Wildman–Crippen LogP) is 3.85. The van der Waals surface area contributed by atoms with E-state index >= 15 is 0 Å². The number of aromatic nitrogens is 1. The SMILES string of the molecule is CCCNc1nc(Oc2ccccc2C#N)c(F)cc1F. The van der Waals surface area contributed by atoms with E-state index in [1.807, 2.05) is 13.0 Å². The van der Waals surface area contributed by atoms with Gasteiger partial charge in [-0.3, -0.25) is 0 Å². The lowest BCUT2D eigenvalue weighted by atomic mass is 10.2. The molecule has 0 saturated carbocycles. The average molecular weight is 289 g/mol. The van der Waals surface area contributed by atoms with Crippen LogP contribution in [-0.4, -0.2) is 11.5 Å². The smallest absolute Gasteiger partial charge is 0.258 e. The molecule has 0 aliphatic carbocycles. The highest BCUT2D eigenvalue weighted by Gasteiger charge is 2.15. The summed E-state index contributed by atoms with van der Waals surface area (Å²) in [6.07, 6.45) is 0.770. The van der Waals surface area contributed by atoms with E-state index in [0.29, 0.717) is 12.6 Å². The summed E-state index contributed by atoms with van der Waals surface area (Å²) in [6, 6.07) is 8.99. The van der Waals surface area contributed by atoms with E-state index in [2.05, 4.69) is 10.3 Å². The van der Waals surface area contributed by atoms with E-state index in [4.69, 9.17) is 10.00 Å². The lowest BCUT2D eigenvalue weighted by molar-refractivity contribution is 0.417. The zero-order valence-corrected chi connectivity index (χ0v) is 11.4. The van der Waals surface area contributed by atoms with Gasteiger partial charge in [-0.2, -0.15) is 10.2 Å². The van der Waals surface area contributed by atoms with Crippen LogP contribution in [0.3, 0.4) is 0 Å². The summed E-state index contributed by atoms with van der Waals surface area (Å²) in [6.45, 7) is 2.42. The van der Waals surface area contributed by atoms with Crippen molar-refractivity contribution in [3.8, 4) is 17.7 Å². The summed E-state index contributed by atoms with van der Waals surface area (Å²) in [5.41, 5.74) is 0.242. The molecular weight excluding hydrogens is 276 g/mol. The van der Waals surface area contributed by atoms with E-state index in [1.54, 1.807) is 12.1 Å². The van der Waals surface area contributed by atoms with Crippen LogP contribution in [0.4, 0.5) is 14.6 Å². The molecule has 4 nitrogen and oxygen atoms in total. The van der Waals surface area contributed by atoms with Crippen LogP contribution in [0.25, 0.3) is 0 Å². The van der Waals surface area contributed by atoms with Gasteiger partial charge in [0.15, 0.2) is 17.5 Å². The van der Waals surface area contributed by atoms with Gasteiger partial charge in [-0.25, -0.2) is 8.78 Å². The molecule has 0 bridgehead atoms. The molecule has 6 heteroatoms. The summed E-state index contributed by atoms with van der Waals surface area (Å²) in [4.78, 5) is 3.79. The first kappa shape index (κ1) is 14.7. The van der Waals surface area contributed by atoms with Crippen molar-refractivity contribution in [2.45, 2.75) is 13.3 Å². The van der Waals surface area contributed by atoms with Crippen molar-refractivity contribution in [1.29, 1.82) is 5.26 Å². The topological polar surface area (TPSA) is 57.9 Å². The minimum absolute atomic E-state index is 0.0808. The Labute approximate surface area is 121 Å². The van der Waals surface area contributed by atoms with Gasteiger partial charge in [0.25, 0.3) is 5.88 Å². The van der Waals surface area contributed by atoms with E-state index in [9.17, 15) is 8.78 Å². The molecule has 108 valence electrons. The van der Waals surface area contributed by atoms with E-state index < -0.39 is 11.6 Å². The zero-order chi connectivity index (χ0) is 15.2. The number of pyridine rings is 1. The Bertz CT molecular complexity index is 683. The molecule has 1 N–H and O–H groups in total. The first-order chi connectivity index (χ1) is 10.2. The van der Waals surface area contributed by atoms with Gasteiger partial charge < -0.3 is 10.1 Å². The molecule has 1 aromatic carbocycles. The van der Waals surface area contributed by atoms with E-state index in [0.717, 1.165) is 6.42 Å². The second kappa shape index (κ2) is 6.66. The third-order valence-electron chi connectivity index (χ3n) is 2.65. The quantitative estimate of drug-likeness (QED) is 0.908. The largest absolute Gasteiger partial charge is 0.435 e. The average Bonchev–Trinajstić information content (AvgIpc) is 2.49. The number of rotatable bonds is 5. The van der Waals surface area contributed by atoms with E-state index in [1.165, 1.54) is 12.1 Å². The van der Waals surface area contributed by atoms with Crippen LogP contribution in [0.2, 0.25) is 0 Å². The van der Waals surface area contributed by atoms with Gasteiger partial charge in [0.2, 0.25) is 0 Å². The first-order valence-corrected chi connectivity index (χ1v) is 6.42. The standard InChI is InChI=1S/C15H13F2N3O/c1-2-7-19-14-11(16)8-12(17)15(20-14)21-13-6-4-3-5-10(13)9-18/h3-6,8H,2,7H2,1H3,(H,19,20). The highest BCUT2D eigenvalue weighted by Crippen LogP contribution is 2.27. The molecule has 21 heavy (non-hydrogen) atoms. The van der Waals surface area contributed by atoms with Gasteiger partial charge in [-0.15, -0.1) is 0 Å². The normalized spacial score (nSPS) is 10.0. The van der Waals surface area contributed by atoms with Gasteiger partial charge >= 0.3 is 0 Å². The van der Waals surface area contributed by atoms with Crippen LogP contribution in [0, 0.1) is 23.0 Å². The van der Waals surface area contributed by atoms with Crippen LogP contribution >= 0.6 is 0 Å². The summed E-state index contributed by atoms with van der Waals surface area (Å²) < 4.78 is 32.6. The lowest BCUT2D eigenvalue weighted by Gasteiger charge is -2.10. The number of halogens is 2. The Hall–Kier alpha value is -2.68. The van der Waals surface area contributed by atoms with Gasteiger partial charge in [0.05, 0.1) is 5.56 Å². The number of nitriles is 1. The molecule has 0 radical (unpaired) electrons. The third-order valence-corrected chi connectivity index (χ3v) is 2.65. The Morgan fingerprint density at radius 2 is 2.05 bits per heavy atom.